The molecule has 4 nitrogen and oxygen atoms in total. The van der Waals surface area contributed by atoms with E-state index >= 15 is 0 Å². The third-order valence-corrected chi connectivity index (χ3v) is 3.14. The maximum atomic E-state index is 4.56. The highest BCUT2D eigenvalue weighted by molar-refractivity contribution is 5.18. The predicted molar refractivity (Wildman–Crippen MR) is 65.6 cm³/mol. The maximum Gasteiger partial charge on any atom is 0.167 e. The Hall–Kier alpha value is -1.68. The molecule has 1 unspecified atom stereocenters. The molecule has 1 atom stereocenters. The van der Waals surface area contributed by atoms with Crippen molar-refractivity contribution in [1.82, 2.24) is 20.5 Å². The van der Waals surface area contributed by atoms with Gasteiger partial charge in [0, 0.05) is 6.42 Å². The molecule has 2 aromatic rings. The molecule has 0 saturated carbocycles. The van der Waals surface area contributed by atoms with Gasteiger partial charge in [0.05, 0.1) is 6.04 Å². The zero-order valence-corrected chi connectivity index (χ0v) is 9.69. The average molecular weight is 228 g/mol. The fourth-order valence-electron chi connectivity index (χ4n) is 2.24. The monoisotopic (exact) mass is 228 g/mol. The van der Waals surface area contributed by atoms with E-state index in [1.54, 1.807) is 0 Å². The normalized spacial score (nSPS) is 19.6. The molecule has 1 aromatic heterocycles. The summed E-state index contributed by atoms with van der Waals surface area (Å²) in [6.45, 7) is 1.08. The lowest BCUT2D eigenvalue weighted by atomic mass is 10.1. The van der Waals surface area contributed by atoms with Crippen LogP contribution in [0.15, 0.2) is 30.3 Å². The van der Waals surface area contributed by atoms with Gasteiger partial charge in [-0.3, -0.25) is 5.10 Å². The van der Waals surface area contributed by atoms with E-state index in [4.69, 9.17) is 0 Å². The van der Waals surface area contributed by atoms with Crippen molar-refractivity contribution in [1.29, 1.82) is 0 Å². The third kappa shape index (κ3) is 2.36. The Morgan fingerprint density at radius 3 is 2.88 bits per heavy atom. The van der Waals surface area contributed by atoms with E-state index in [1.165, 1.54) is 12.0 Å². The Kier molecular flexibility index (Phi) is 2.88. The van der Waals surface area contributed by atoms with Gasteiger partial charge in [-0.2, -0.15) is 5.10 Å². The summed E-state index contributed by atoms with van der Waals surface area (Å²) in [6.07, 6.45) is 3.18. The van der Waals surface area contributed by atoms with Crippen LogP contribution in [0.2, 0.25) is 0 Å². The van der Waals surface area contributed by atoms with Gasteiger partial charge >= 0.3 is 0 Å². The Morgan fingerprint density at radius 2 is 2.12 bits per heavy atom. The molecule has 0 bridgehead atoms. The van der Waals surface area contributed by atoms with E-state index < -0.39 is 0 Å². The Balaban J connectivity index is 1.72. The van der Waals surface area contributed by atoms with Gasteiger partial charge in [0.2, 0.25) is 0 Å². The second-order valence-electron chi connectivity index (χ2n) is 4.45. The molecule has 2 heterocycles. The van der Waals surface area contributed by atoms with Crippen LogP contribution in [0.3, 0.4) is 0 Å². The summed E-state index contributed by atoms with van der Waals surface area (Å²) in [6, 6.07) is 10.7. The fraction of sp³-hybridized carbons (Fsp3) is 0.385. The second-order valence-corrected chi connectivity index (χ2v) is 4.45. The largest absolute Gasteiger partial charge is 0.307 e. The topological polar surface area (TPSA) is 53.6 Å². The van der Waals surface area contributed by atoms with Crippen LogP contribution in [0.4, 0.5) is 0 Å². The summed E-state index contributed by atoms with van der Waals surface area (Å²) in [5.41, 5.74) is 1.26. The highest BCUT2D eigenvalue weighted by Crippen LogP contribution is 2.19. The first-order chi connectivity index (χ1) is 8.42. The molecule has 1 aliphatic rings. The molecular formula is C13H16N4. The molecule has 0 radical (unpaired) electrons. The average Bonchev–Trinajstić information content (AvgIpc) is 3.00. The van der Waals surface area contributed by atoms with Gasteiger partial charge in [-0.15, -0.1) is 0 Å². The quantitative estimate of drug-likeness (QED) is 0.842. The molecule has 3 rings (SSSR count). The van der Waals surface area contributed by atoms with E-state index in [1.807, 2.05) is 18.2 Å². The number of benzene rings is 1. The van der Waals surface area contributed by atoms with Crippen molar-refractivity contribution in [3.63, 3.8) is 0 Å². The lowest BCUT2D eigenvalue weighted by Gasteiger charge is -2.02. The van der Waals surface area contributed by atoms with Crippen molar-refractivity contribution in [3.8, 4) is 0 Å². The number of hydrogen-bond donors (Lipinski definition) is 2. The first-order valence-corrected chi connectivity index (χ1v) is 6.10. The molecule has 1 aromatic carbocycles. The van der Waals surface area contributed by atoms with Crippen molar-refractivity contribution in [2.24, 2.45) is 0 Å². The summed E-state index contributed by atoms with van der Waals surface area (Å²) in [5.74, 6) is 1.85. The lowest BCUT2D eigenvalue weighted by molar-refractivity contribution is 0.607. The van der Waals surface area contributed by atoms with Crippen molar-refractivity contribution in [3.05, 3.63) is 47.5 Å². The number of hydrogen-bond acceptors (Lipinski definition) is 3. The first kappa shape index (κ1) is 10.5. The molecule has 2 N–H and O–H groups in total. The minimum Gasteiger partial charge on any atom is -0.307 e. The molecule has 17 heavy (non-hydrogen) atoms. The Morgan fingerprint density at radius 1 is 1.24 bits per heavy atom. The minimum absolute atomic E-state index is 0.343. The van der Waals surface area contributed by atoms with Crippen molar-refractivity contribution in [2.45, 2.75) is 25.3 Å². The van der Waals surface area contributed by atoms with E-state index in [0.717, 1.165) is 31.0 Å². The molecule has 0 amide bonds. The van der Waals surface area contributed by atoms with Gasteiger partial charge in [0.25, 0.3) is 0 Å². The molecular weight excluding hydrogens is 212 g/mol. The van der Waals surface area contributed by atoms with Crippen LogP contribution in [-0.2, 0) is 6.42 Å². The number of H-pyrrole nitrogens is 1. The summed E-state index contributed by atoms with van der Waals surface area (Å²) in [5, 5.41) is 10.7. The van der Waals surface area contributed by atoms with Gasteiger partial charge < -0.3 is 5.32 Å². The number of nitrogens with zero attached hydrogens (tertiary/aromatic N) is 2. The first-order valence-electron chi connectivity index (χ1n) is 6.10. The summed E-state index contributed by atoms with van der Waals surface area (Å²) in [7, 11) is 0. The van der Waals surface area contributed by atoms with Crippen LogP contribution >= 0.6 is 0 Å². The lowest BCUT2D eigenvalue weighted by Crippen LogP contribution is -2.14. The molecule has 4 heteroatoms. The van der Waals surface area contributed by atoms with Crippen molar-refractivity contribution < 1.29 is 0 Å². The molecule has 0 aliphatic carbocycles. The SMILES string of the molecule is c1ccc(Cc2nc(C3CCCN3)n[nH]2)cc1. The molecule has 1 aliphatic heterocycles. The number of nitrogens with one attached hydrogen (secondary N) is 2. The van der Waals surface area contributed by atoms with E-state index in [-0.39, 0.29) is 0 Å². The third-order valence-electron chi connectivity index (χ3n) is 3.14. The van der Waals surface area contributed by atoms with Crippen molar-refractivity contribution >= 4 is 0 Å². The summed E-state index contributed by atoms with van der Waals surface area (Å²) < 4.78 is 0. The van der Waals surface area contributed by atoms with Crippen LogP contribution in [0.5, 0.6) is 0 Å². The van der Waals surface area contributed by atoms with Gasteiger partial charge in [0.1, 0.15) is 5.82 Å². The van der Waals surface area contributed by atoms with Crippen LogP contribution in [0.1, 0.15) is 36.1 Å². The van der Waals surface area contributed by atoms with Crippen molar-refractivity contribution in [2.75, 3.05) is 6.54 Å². The van der Waals surface area contributed by atoms with Crippen LogP contribution in [0.25, 0.3) is 0 Å². The Bertz CT molecular complexity index is 471. The van der Waals surface area contributed by atoms with Gasteiger partial charge in [0.15, 0.2) is 5.82 Å². The highest BCUT2D eigenvalue weighted by atomic mass is 15.2. The zero-order valence-electron chi connectivity index (χ0n) is 9.69. The zero-order chi connectivity index (χ0) is 11.5. The minimum atomic E-state index is 0.343. The van der Waals surface area contributed by atoms with Gasteiger partial charge in [-0.25, -0.2) is 4.98 Å². The predicted octanol–water partition coefficient (Wildman–Crippen LogP) is 1.82. The van der Waals surface area contributed by atoms with E-state index in [9.17, 15) is 0 Å². The highest BCUT2D eigenvalue weighted by Gasteiger charge is 2.20. The van der Waals surface area contributed by atoms with Gasteiger partial charge in [-0.1, -0.05) is 30.3 Å². The molecule has 1 fully saturated rings. The van der Waals surface area contributed by atoms with Gasteiger partial charge in [-0.05, 0) is 24.9 Å². The summed E-state index contributed by atoms with van der Waals surface area (Å²) in [4.78, 5) is 4.56. The number of aromatic amines is 1. The fourth-order valence-corrected chi connectivity index (χ4v) is 2.24. The number of rotatable bonds is 3. The molecule has 88 valence electrons. The Labute approximate surface area is 100 Å². The molecule has 1 saturated heterocycles. The smallest absolute Gasteiger partial charge is 0.167 e. The van der Waals surface area contributed by atoms with Crippen LogP contribution < -0.4 is 5.32 Å². The van der Waals surface area contributed by atoms with E-state index in [0.29, 0.717) is 6.04 Å². The van der Waals surface area contributed by atoms with Crippen LogP contribution in [0, 0.1) is 0 Å². The second kappa shape index (κ2) is 4.67. The summed E-state index contributed by atoms with van der Waals surface area (Å²) >= 11 is 0. The standard InChI is InChI=1S/C13H16N4/c1-2-5-10(6-3-1)9-12-15-13(17-16-12)11-7-4-8-14-11/h1-3,5-6,11,14H,4,7-9H2,(H,15,16,17). The molecule has 0 spiro atoms. The number of aromatic nitrogens is 3. The maximum absolute atomic E-state index is 4.56. The van der Waals surface area contributed by atoms with Crippen LogP contribution in [-0.4, -0.2) is 21.7 Å². The van der Waals surface area contributed by atoms with E-state index in [2.05, 4.69) is 32.6 Å².